The number of aromatic nitrogens is 2. The fraction of sp³-hybridized carbons (Fsp3) is 0.656. The molecule has 0 unspecified atom stereocenters. The summed E-state index contributed by atoms with van der Waals surface area (Å²) in [4.78, 5) is 28.4. The zero-order valence-electron chi connectivity index (χ0n) is 28.0. The summed E-state index contributed by atoms with van der Waals surface area (Å²) in [5.74, 6) is -0.940. The molecule has 4 atom stereocenters. The molecule has 0 aliphatic carbocycles. The van der Waals surface area contributed by atoms with Crippen LogP contribution in [-0.4, -0.2) is 134 Å². The normalized spacial score (nSPS) is 28.0. The second kappa shape index (κ2) is 13.7. The van der Waals surface area contributed by atoms with Crippen molar-refractivity contribution in [2.24, 2.45) is 5.41 Å². The number of ether oxygens (including phenoxy) is 3. The van der Waals surface area contributed by atoms with E-state index in [0.29, 0.717) is 44.2 Å². The first-order valence-corrected chi connectivity index (χ1v) is 17.9. The number of carbonyl (C=O) groups excluding carboxylic acids is 1. The fourth-order valence-electron chi connectivity index (χ4n) is 7.15. The van der Waals surface area contributed by atoms with Crippen molar-refractivity contribution < 1.29 is 36.9 Å². The maximum absolute atomic E-state index is 14.4. The van der Waals surface area contributed by atoms with E-state index in [-0.39, 0.29) is 47.4 Å². The third kappa shape index (κ3) is 7.44. The summed E-state index contributed by atoms with van der Waals surface area (Å²) in [6.07, 6.45) is 5.71. The van der Waals surface area contributed by atoms with Gasteiger partial charge in [0.1, 0.15) is 17.9 Å². The molecule has 4 fully saturated rings. The first kappa shape index (κ1) is 34.9. The van der Waals surface area contributed by atoms with E-state index < -0.39 is 21.8 Å². The molecule has 6 rings (SSSR count). The van der Waals surface area contributed by atoms with E-state index in [2.05, 4.69) is 24.5 Å². The average molecular weight is 692 g/mol. The first-order valence-electron chi connectivity index (χ1n) is 16.5. The number of anilines is 1. The standard InChI is InChI=1S/C32H46FN7O7S/c1-22-15-45-16-23(2)40(22)30(41)26-13-24(33)5-6-27(26)47-28-14-34-21-35-29(28)39-18-31(19-39)9-11-38(12-10-31)20-32(42)8-7-25(17-46-32)36-48(43,44)37(3)4/h5-6,13-14,21-23,25,36,42H,7-12,15-20H2,1-4H3/t22-,23-,25-,32-/m1/s1. The monoisotopic (exact) mass is 691 g/mol. The minimum Gasteiger partial charge on any atom is -0.451 e. The number of morpholine rings is 1. The highest BCUT2D eigenvalue weighted by Crippen LogP contribution is 2.45. The number of nitrogens with one attached hydrogen (secondary N) is 1. The molecule has 1 aromatic heterocycles. The molecule has 14 nitrogen and oxygen atoms in total. The van der Waals surface area contributed by atoms with Crippen molar-refractivity contribution in [2.75, 3.05) is 71.5 Å². The minimum absolute atomic E-state index is 0.0872. The van der Waals surface area contributed by atoms with Crippen LogP contribution in [0.4, 0.5) is 10.2 Å². The molecule has 4 aliphatic rings. The average Bonchev–Trinajstić information content (AvgIpc) is 3.02. The van der Waals surface area contributed by atoms with Crippen LogP contribution in [0, 0.1) is 11.2 Å². The summed E-state index contributed by atoms with van der Waals surface area (Å²) in [5.41, 5.74) is 0.219. The van der Waals surface area contributed by atoms with Gasteiger partial charge < -0.3 is 29.1 Å². The van der Waals surface area contributed by atoms with Gasteiger partial charge in [0, 0.05) is 45.1 Å². The number of nitrogens with zero attached hydrogens (tertiary/aromatic N) is 6. The number of carbonyl (C=O) groups is 1. The number of hydrogen-bond donors (Lipinski definition) is 2. The predicted molar refractivity (Wildman–Crippen MR) is 174 cm³/mol. The van der Waals surface area contributed by atoms with E-state index in [1.165, 1.54) is 38.6 Å². The van der Waals surface area contributed by atoms with Crippen LogP contribution >= 0.6 is 0 Å². The van der Waals surface area contributed by atoms with Crippen LogP contribution in [-0.2, 0) is 19.7 Å². The lowest BCUT2D eigenvalue weighted by Gasteiger charge is -2.55. The van der Waals surface area contributed by atoms with Crippen LogP contribution in [0.25, 0.3) is 0 Å². The zero-order chi connectivity index (χ0) is 34.3. The molecule has 1 spiro atoms. The summed E-state index contributed by atoms with van der Waals surface area (Å²) in [6, 6.07) is 3.23. The second-order valence-corrected chi connectivity index (χ2v) is 15.8. The molecule has 264 valence electrons. The van der Waals surface area contributed by atoms with E-state index in [9.17, 15) is 22.7 Å². The van der Waals surface area contributed by atoms with E-state index in [4.69, 9.17) is 14.2 Å². The number of likely N-dealkylation sites (tertiary alicyclic amines) is 1. The molecule has 5 heterocycles. The van der Waals surface area contributed by atoms with Gasteiger partial charge in [-0.3, -0.25) is 9.69 Å². The van der Waals surface area contributed by atoms with Gasteiger partial charge in [-0.1, -0.05) is 0 Å². The van der Waals surface area contributed by atoms with Gasteiger partial charge >= 0.3 is 0 Å². The molecule has 0 bridgehead atoms. The molecule has 2 aromatic rings. The molecule has 1 amide bonds. The van der Waals surface area contributed by atoms with Gasteiger partial charge in [-0.05, 0) is 64.4 Å². The number of halogens is 1. The number of amides is 1. The molecule has 1 aromatic carbocycles. The number of aliphatic hydroxyl groups is 1. The van der Waals surface area contributed by atoms with Crippen molar-refractivity contribution in [3.05, 3.63) is 42.1 Å². The van der Waals surface area contributed by atoms with Gasteiger partial charge in [-0.15, -0.1) is 0 Å². The van der Waals surface area contributed by atoms with E-state index >= 15 is 0 Å². The number of piperidine rings is 1. The Morgan fingerprint density at radius 3 is 2.48 bits per heavy atom. The lowest BCUT2D eigenvalue weighted by molar-refractivity contribution is -0.239. The van der Waals surface area contributed by atoms with E-state index in [0.717, 1.165) is 43.3 Å². The summed E-state index contributed by atoms with van der Waals surface area (Å²) < 4.78 is 60.1. The summed E-state index contributed by atoms with van der Waals surface area (Å²) in [6.45, 7) is 8.22. The van der Waals surface area contributed by atoms with Crippen LogP contribution < -0.4 is 14.4 Å². The summed E-state index contributed by atoms with van der Waals surface area (Å²) in [7, 11) is -0.639. The third-order valence-electron chi connectivity index (χ3n) is 9.93. The molecular formula is C32H46FN7O7S. The largest absolute Gasteiger partial charge is 0.451 e. The Bertz CT molecular complexity index is 1560. The summed E-state index contributed by atoms with van der Waals surface area (Å²) in [5, 5.41) is 11.1. The molecule has 4 saturated heterocycles. The molecule has 2 N–H and O–H groups in total. The Hall–Kier alpha value is -2.99. The van der Waals surface area contributed by atoms with Crippen molar-refractivity contribution in [3.8, 4) is 11.5 Å². The molecule has 16 heteroatoms. The number of β-amino-alcohol motifs (C(OH)–C–C–N with tert-alkyl or cyclic N) is 1. The molecule has 48 heavy (non-hydrogen) atoms. The molecular weight excluding hydrogens is 645 g/mol. The van der Waals surface area contributed by atoms with Gasteiger partial charge in [0.05, 0.1) is 50.2 Å². The van der Waals surface area contributed by atoms with Crippen LogP contribution in [0.5, 0.6) is 11.5 Å². The van der Waals surface area contributed by atoms with Crippen molar-refractivity contribution in [3.63, 3.8) is 0 Å². The Labute approximate surface area is 281 Å². The van der Waals surface area contributed by atoms with Crippen LogP contribution in [0.2, 0.25) is 0 Å². The SMILES string of the molecule is C[C@@H]1COC[C@@H](C)N1C(=O)c1cc(F)ccc1Oc1cncnc1N1CC2(CCN(C[C@@]3(O)CC[C@@H](NS(=O)(=O)N(C)C)CO3)CC2)C1. The lowest BCUT2D eigenvalue weighted by atomic mass is 9.72. The van der Waals surface area contributed by atoms with E-state index in [1.54, 1.807) is 11.1 Å². The highest BCUT2D eigenvalue weighted by molar-refractivity contribution is 7.87. The van der Waals surface area contributed by atoms with Gasteiger partial charge in [0.2, 0.25) is 0 Å². The van der Waals surface area contributed by atoms with Crippen LogP contribution in [0.3, 0.4) is 0 Å². The Balaban J connectivity index is 1.05. The van der Waals surface area contributed by atoms with Gasteiger partial charge in [0.25, 0.3) is 16.1 Å². The Morgan fingerprint density at radius 1 is 1.12 bits per heavy atom. The fourth-order valence-corrected chi connectivity index (χ4v) is 7.97. The van der Waals surface area contributed by atoms with Gasteiger partial charge in [0.15, 0.2) is 17.4 Å². The first-order chi connectivity index (χ1) is 22.8. The summed E-state index contributed by atoms with van der Waals surface area (Å²) >= 11 is 0. The Kier molecular flexibility index (Phi) is 9.97. The quantitative estimate of drug-likeness (QED) is 0.397. The van der Waals surface area contributed by atoms with E-state index in [1.807, 2.05) is 13.8 Å². The molecule has 0 radical (unpaired) electrons. The van der Waals surface area contributed by atoms with Crippen molar-refractivity contribution in [2.45, 2.75) is 63.4 Å². The second-order valence-electron chi connectivity index (χ2n) is 13.9. The highest BCUT2D eigenvalue weighted by Gasteiger charge is 2.47. The number of hydrogen-bond acceptors (Lipinski definition) is 11. The van der Waals surface area contributed by atoms with Crippen molar-refractivity contribution in [1.82, 2.24) is 28.8 Å². The minimum atomic E-state index is -3.57. The molecule has 4 aliphatic heterocycles. The van der Waals surface area contributed by atoms with Crippen molar-refractivity contribution in [1.29, 1.82) is 0 Å². The predicted octanol–water partition coefficient (Wildman–Crippen LogP) is 1.82. The Morgan fingerprint density at radius 2 is 1.83 bits per heavy atom. The lowest BCUT2D eigenvalue weighted by Crippen LogP contribution is -2.62. The van der Waals surface area contributed by atoms with Gasteiger partial charge in [-0.25, -0.2) is 14.4 Å². The smallest absolute Gasteiger partial charge is 0.279 e. The van der Waals surface area contributed by atoms with Crippen LogP contribution in [0.15, 0.2) is 30.7 Å². The maximum Gasteiger partial charge on any atom is 0.279 e. The van der Waals surface area contributed by atoms with Crippen LogP contribution in [0.1, 0.15) is 49.9 Å². The van der Waals surface area contributed by atoms with Gasteiger partial charge in [-0.2, -0.15) is 17.4 Å². The van der Waals surface area contributed by atoms with Crippen molar-refractivity contribution >= 4 is 21.9 Å². The topological polar surface area (TPSA) is 150 Å². The zero-order valence-corrected chi connectivity index (χ0v) is 28.8. The maximum atomic E-state index is 14.4. The third-order valence-corrected chi connectivity index (χ3v) is 11.5. The number of benzene rings is 1. The number of rotatable bonds is 9. The highest BCUT2D eigenvalue weighted by atomic mass is 32.2. The molecule has 0 saturated carbocycles.